The first kappa shape index (κ1) is 17.4. The van der Waals surface area contributed by atoms with Crippen LogP contribution in [0.3, 0.4) is 0 Å². The third kappa shape index (κ3) is 4.35. The molecule has 2 aromatic carbocycles. The number of thiazole rings is 1. The van der Waals surface area contributed by atoms with Crippen molar-refractivity contribution >= 4 is 55.8 Å². The lowest BCUT2D eigenvalue weighted by molar-refractivity contribution is -0.116. The number of hydrogen-bond donors (Lipinski definition) is 2. The van der Waals surface area contributed by atoms with Crippen molar-refractivity contribution in [3.8, 4) is 0 Å². The second kappa shape index (κ2) is 7.21. The summed E-state index contributed by atoms with van der Waals surface area (Å²) < 4.78 is 0.924. The Morgan fingerprint density at radius 2 is 1.96 bits per heavy atom. The Hall–Kier alpha value is -2.44. The number of hydrogen-bond acceptors (Lipinski definition) is 4. The van der Waals surface area contributed by atoms with Gasteiger partial charge in [0.1, 0.15) is 0 Å². The Bertz CT molecular complexity index is 968. The molecule has 0 aliphatic carbocycles. The second-order valence-corrected chi connectivity index (χ2v) is 7.15. The molecule has 5 nitrogen and oxygen atoms in total. The number of aryl methyl sites for hydroxylation is 1. The van der Waals surface area contributed by atoms with E-state index in [-0.39, 0.29) is 18.2 Å². The maximum absolute atomic E-state index is 12.3. The topological polar surface area (TPSA) is 71.1 Å². The van der Waals surface area contributed by atoms with Crippen molar-refractivity contribution < 1.29 is 9.59 Å². The van der Waals surface area contributed by atoms with Crippen molar-refractivity contribution in [2.75, 3.05) is 10.6 Å². The second-order valence-electron chi connectivity index (χ2n) is 5.69. The Labute approximate surface area is 154 Å². The van der Waals surface area contributed by atoms with E-state index in [9.17, 15) is 9.59 Å². The van der Waals surface area contributed by atoms with Crippen LogP contribution in [0.15, 0.2) is 36.4 Å². The van der Waals surface area contributed by atoms with Gasteiger partial charge in [-0.2, -0.15) is 0 Å². The Balaban J connectivity index is 1.74. The zero-order valence-electron chi connectivity index (χ0n) is 13.7. The molecule has 1 heterocycles. The highest BCUT2D eigenvalue weighted by Gasteiger charge is 2.10. The van der Waals surface area contributed by atoms with Crippen LogP contribution in [0.4, 0.5) is 10.8 Å². The van der Waals surface area contributed by atoms with Crippen molar-refractivity contribution in [2.45, 2.75) is 20.3 Å². The molecule has 3 aromatic rings. The summed E-state index contributed by atoms with van der Waals surface area (Å²) in [6.07, 6.45) is 0.245. The van der Waals surface area contributed by atoms with Gasteiger partial charge in [0.25, 0.3) is 0 Å². The Morgan fingerprint density at radius 1 is 1.16 bits per heavy atom. The van der Waals surface area contributed by atoms with Gasteiger partial charge >= 0.3 is 0 Å². The van der Waals surface area contributed by atoms with Gasteiger partial charge in [-0.25, -0.2) is 4.98 Å². The van der Waals surface area contributed by atoms with Crippen molar-refractivity contribution in [1.29, 1.82) is 0 Å². The van der Waals surface area contributed by atoms with E-state index in [4.69, 9.17) is 11.6 Å². The summed E-state index contributed by atoms with van der Waals surface area (Å²) in [5.74, 6) is -0.271. The standard InChI is InChI=1S/C18H16ClN3O2S/c1-10-3-5-13(19)9-15(10)21-17(24)8-12-4-6-14-16(7-12)25-18(22-14)20-11(2)23/h3-7,9H,8H2,1-2H3,(H,21,24)(H,20,22,23). The number of anilines is 2. The fraction of sp³-hybridized carbons (Fsp3) is 0.167. The molecular weight excluding hydrogens is 358 g/mol. The van der Waals surface area contributed by atoms with Crippen LogP contribution in [0.2, 0.25) is 5.02 Å². The fourth-order valence-corrected chi connectivity index (χ4v) is 3.54. The Morgan fingerprint density at radius 3 is 2.72 bits per heavy atom. The lowest BCUT2D eigenvalue weighted by Crippen LogP contribution is -2.15. The zero-order chi connectivity index (χ0) is 18.0. The molecule has 0 aliphatic heterocycles. The van der Waals surface area contributed by atoms with E-state index in [1.165, 1.54) is 18.3 Å². The molecule has 3 rings (SSSR count). The molecule has 0 spiro atoms. The number of carbonyl (C=O) groups is 2. The van der Waals surface area contributed by atoms with Gasteiger partial charge in [0.05, 0.1) is 16.6 Å². The van der Waals surface area contributed by atoms with Crippen molar-refractivity contribution in [3.05, 3.63) is 52.5 Å². The minimum atomic E-state index is -0.157. The van der Waals surface area contributed by atoms with Gasteiger partial charge in [-0.3, -0.25) is 9.59 Å². The molecule has 1 aromatic heterocycles. The van der Waals surface area contributed by atoms with Gasteiger partial charge in [0, 0.05) is 17.6 Å². The van der Waals surface area contributed by atoms with Gasteiger partial charge in [0.2, 0.25) is 11.8 Å². The molecule has 2 N–H and O–H groups in total. The number of nitrogens with zero attached hydrogens (tertiary/aromatic N) is 1. The van der Waals surface area contributed by atoms with Gasteiger partial charge in [-0.15, -0.1) is 0 Å². The minimum Gasteiger partial charge on any atom is -0.326 e. The lowest BCUT2D eigenvalue weighted by atomic mass is 10.1. The highest BCUT2D eigenvalue weighted by atomic mass is 35.5. The third-order valence-electron chi connectivity index (χ3n) is 3.57. The van der Waals surface area contributed by atoms with Crippen LogP contribution >= 0.6 is 22.9 Å². The molecule has 2 amide bonds. The molecule has 128 valence electrons. The summed E-state index contributed by atoms with van der Waals surface area (Å²) in [4.78, 5) is 27.8. The lowest BCUT2D eigenvalue weighted by Gasteiger charge is -2.09. The summed E-state index contributed by atoms with van der Waals surface area (Å²) in [6, 6.07) is 11.0. The average Bonchev–Trinajstić information content (AvgIpc) is 2.91. The molecule has 0 saturated carbocycles. The summed E-state index contributed by atoms with van der Waals surface area (Å²) in [6.45, 7) is 3.36. The summed E-state index contributed by atoms with van der Waals surface area (Å²) in [5, 5.41) is 6.70. The predicted octanol–water partition coefficient (Wildman–Crippen LogP) is 4.40. The molecule has 7 heteroatoms. The van der Waals surface area contributed by atoms with E-state index < -0.39 is 0 Å². The largest absolute Gasteiger partial charge is 0.326 e. The fourth-order valence-electron chi connectivity index (χ4n) is 2.39. The number of amides is 2. The van der Waals surface area contributed by atoms with E-state index in [1.807, 2.05) is 31.2 Å². The maximum atomic E-state index is 12.3. The normalized spacial score (nSPS) is 10.7. The minimum absolute atomic E-state index is 0.115. The molecule has 0 atom stereocenters. The summed E-state index contributed by atoms with van der Waals surface area (Å²) in [5.41, 5.74) is 3.34. The van der Waals surface area contributed by atoms with E-state index in [0.717, 1.165) is 21.3 Å². The highest BCUT2D eigenvalue weighted by molar-refractivity contribution is 7.22. The van der Waals surface area contributed by atoms with Crippen LogP contribution < -0.4 is 10.6 Å². The van der Waals surface area contributed by atoms with Crippen molar-refractivity contribution in [3.63, 3.8) is 0 Å². The van der Waals surface area contributed by atoms with Crippen LogP contribution in [0, 0.1) is 6.92 Å². The SMILES string of the molecule is CC(=O)Nc1nc2ccc(CC(=O)Nc3cc(Cl)ccc3C)cc2s1. The van der Waals surface area contributed by atoms with Crippen LogP contribution in [-0.4, -0.2) is 16.8 Å². The maximum Gasteiger partial charge on any atom is 0.228 e. The molecule has 0 radical (unpaired) electrons. The van der Waals surface area contributed by atoms with E-state index in [0.29, 0.717) is 15.8 Å². The van der Waals surface area contributed by atoms with Gasteiger partial charge < -0.3 is 10.6 Å². The molecular formula is C18H16ClN3O2S. The van der Waals surface area contributed by atoms with E-state index in [2.05, 4.69) is 15.6 Å². The molecule has 25 heavy (non-hydrogen) atoms. The van der Waals surface area contributed by atoms with Crippen LogP contribution in [0.1, 0.15) is 18.1 Å². The monoisotopic (exact) mass is 373 g/mol. The van der Waals surface area contributed by atoms with Crippen molar-refractivity contribution in [1.82, 2.24) is 4.98 Å². The number of aromatic nitrogens is 1. The highest BCUT2D eigenvalue weighted by Crippen LogP contribution is 2.27. The number of fused-ring (bicyclic) bond motifs is 1. The number of halogens is 1. The Kier molecular flexibility index (Phi) is 5.01. The van der Waals surface area contributed by atoms with Crippen LogP contribution in [0.5, 0.6) is 0 Å². The zero-order valence-corrected chi connectivity index (χ0v) is 15.3. The first-order chi connectivity index (χ1) is 11.9. The number of carbonyl (C=O) groups excluding carboxylic acids is 2. The number of rotatable bonds is 4. The van der Waals surface area contributed by atoms with Gasteiger partial charge in [0.15, 0.2) is 5.13 Å². The average molecular weight is 374 g/mol. The predicted molar refractivity (Wildman–Crippen MR) is 102 cm³/mol. The summed E-state index contributed by atoms with van der Waals surface area (Å²) >= 11 is 7.36. The molecule has 0 saturated heterocycles. The van der Waals surface area contributed by atoms with Gasteiger partial charge in [-0.1, -0.05) is 35.1 Å². The van der Waals surface area contributed by atoms with Gasteiger partial charge in [-0.05, 0) is 42.3 Å². The number of benzene rings is 2. The van der Waals surface area contributed by atoms with Crippen molar-refractivity contribution in [2.24, 2.45) is 0 Å². The molecule has 0 unspecified atom stereocenters. The van der Waals surface area contributed by atoms with Crippen LogP contribution in [-0.2, 0) is 16.0 Å². The smallest absolute Gasteiger partial charge is 0.228 e. The first-order valence-corrected chi connectivity index (χ1v) is 8.83. The number of nitrogens with one attached hydrogen (secondary N) is 2. The first-order valence-electron chi connectivity index (χ1n) is 7.64. The van der Waals surface area contributed by atoms with Crippen LogP contribution in [0.25, 0.3) is 10.2 Å². The third-order valence-corrected chi connectivity index (χ3v) is 4.74. The molecule has 0 fully saturated rings. The van der Waals surface area contributed by atoms with E-state index >= 15 is 0 Å². The summed E-state index contributed by atoms with van der Waals surface area (Å²) in [7, 11) is 0. The van der Waals surface area contributed by atoms with E-state index in [1.54, 1.807) is 12.1 Å². The quantitative estimate of drug-likeness (QED) is 0.712. The molecule has 0 aliphatic rings. The molecule has 0 bridgehead atoms.